The van der Waals surface area contributed by atoms with E-state index >= 15 is 0 Å². The first kappa shape index (κ1) is 14.5. The van der Waals surface area contributed by atoms with Gasteiger partial charge in [-0.15, -0.1) is 0 Å². The van der Waals surface area contributed by atoms with Gasteiger partial charge in [-0.2, -0.15) is 0 Å². The van der Waals surface area contributed by atoms with E-state index in [0.29, 0.717) is 30.7 Å². The highest BCUT2D eigenvalue weighted by molar-refractivity contribution is 5.80. The van der Waals surface area contributed by atoms with Crippen LogP contribution < -0.4 is 5.32 Å². The number of carbonyl (C=O) groups is 1. The Bertz CT molecular complexity index is 684. The standard InChI is InChI=1S/C15H18N4O3/c20-13-3-1-2-12-14(13)17-9-11(18-12)8-16-10-4-6-19(7-5-10)15(21)22/h1-3,9-10,16,20H,4-8H2,(H,21,22). The number of aromatic nitrogens is 2. The van der Waals surface area contributed by atoms with E-state index in [0.717, 1.165) is 18.5 Å². The molecule has 0 bridgehead atoms. The molecule has 3 N–H and O–H groups in total. The van der Waals surface area contributed by atoms with Crippen LogP contribution in [0.15, 0.2) is 24.4 Å². The number of carboxylic acid groups (broad SMARTS) is 1. The van der Waals surface area contributed by atoms with Crippen LogP contribution in [0.25, 0.3) is 11.0 Å². The van der Waals surface area contributed by atoms with Gasteiger partial charge in [0.2, 0.25) is 0 Å². The number of fused-ring (bicyclic) bond motifs is 1. The molecule has 22 heavy (non-hydrogen) atoms. The van der Waals surface area contributed by atoms with Crippen LogP contribution in [0.3, 0.4) is 0 Å². The Morgan fingerprint density at radius 1 is 1.36 bits per heavy atom. The first-order chi connectivity index (χ1) is 10.6. The van der Waals surface area contributed by atoms with Crippen molar-refractivity contribution >= 4 is 17.1 Å². The molecule has 7 nitrogen and oxygen atoms in total. The zero-order chi connectivity index (χ0) is 15.5. The van der Waals surface area contributed by atoms with Crippen LogP contribution in [0.5, 0.6) is 5.75 Å². The highest BCUT2D eigenvalue weighted by atomic mass is 16.4. The number of para-hydroxylation sites is 1. The van der Waals surface area contributed by atoms with E-state index in [1.54, 1.807) is 18.3 Å². The maximum atomic E-state index is 10.9. The molecule has 1 aromatic carbocycles. The molecule has 0 unspecified atom stereocenters. The Hall–Kier alpha value is -2.41. The summed E-state index contributed by atoms with van der Waals surface area (Å²) in [5.74, 6) is 0.130. The van der Waals surface area contributed by atoms with Crippen molar-refractivity contribution in [2.45, 2.75) is 25.4 Å². The summed E-state index contributed by atoms with van der Waals surface area (Å²) in [6.07, 6.45) is 2.41. The zero-order valence-corrected chi connectivity index (χ0v) is 12.1. The maximum absolute atomic E-state index is 10.9. The summed E-state index contributed by atoms with van der Waals surface area (Å²) in [7, 11) is 0. The van der Waals surface area contributed by atoms with Gasteiger partial charge in [-0.3, -0.25) is 0 Å². The number of phenols is 1. The Labute approximate surface area is 127 Å². The summed E-state index contributed by atoms with van der Waals surface area (Å²) < 4.78 is 0. The zero-order valence-electron chi connectivity index (χ0n) is 12.1. The number of nitrogens with zero attached hydrogens (tertiary/aromatic N) is 3. The minimum absolute atomic E-state index is 0.130. The molecule has 1 fully saturated rings. The van der Waals surface area contributed by atoms with Gasteiger partial charge in [0.1, 0.15) is 11.3 Å². The van der Waals surface area contributed by atoms with Crippen molar-refractivity contribution in [2.24, 2.45) is 0 Å². The van der Waals surface area contributed by atoms with Crippen LogP contribution in [0, 0.1) is 0 Å². The third-order valence-corrected chi connectivity index (χ3v) is 3.94. The number of benzene rings is 1. The SMILES string of the molecule is O=C(O)N1CCC(NCc2cnc3c(O)cccc3n2)CC1. The predicted octanol–water partition coefficient (Wildman–Crippen LogP) is 1.57. The van der Waals surface area contributed by atoms with Crippen LogP contribution >= 0.6 is 0 Å². The fourth-order valence-corrected chi connectivity index (χ4v) is 2.67. The summed E-state index contributed by atoms with van der Waals surface area (Å²) in [5.41, 5.74) is 1.97. The molecule has 1 amide bonds. The minimum Gasteiger partial charge on any atom is -0.506 e. The summed E-state index contributed by atoms with van der Waals surface area (Å²) in [6.45, 7) is 1.70. The van der Waals surface area contributed by atoms with Crippen LogP contribution in [-0.2, 0) is 6.54 Å². The fraction of sp³-hybridized carbons (Fsp3) is 0.400. The monoisotopic (exact) mass is 302 g/mol. The number of likely N-dealkylation sites (tertiary alicyclic amines) is 1. The van der Waals surface area contributed by atoms with Gasteiger partial charge in [0, 0.05) is 25.7 Å². The van der Waals surface area contributed by atoms with E-state index < -0.39 is 6.09 Å². The predicted molar refractivity (Wildman–Crippen MR) is 80.7 cm³/mol. The third-order valence-electron chi connectivity index (χ3n) is 3.94. The summed E-state index contributed by atoms with van der Waals surface area (Å²) in [6, 6.07) is 5.44. The normalized spacial score (nSPS) is 16.1. The van der Waals surface area contributed by atoms with E-state index in [4.69, 9.17) is 5.11 Å². The van der Waals surface area contributed by atoms with Crippen LogP contribution in [0.4, 0.5) is 4.79 Å². The van der Waals surface area contributed by atoms with E-state index in [2.05, 4.69) is 15.3 Å². The number of phenolic OH excluding ortho intramolecular Hbond substituents is 1. The van der Waals surface area contributed by atoms with Crippen LogP contribution in [-0.4, -0.2) is 50.3 Å². The molecule has 0 radical (unpaired) electrons. The first-order valence-corrected chi connectivity index (χ1v) is 7.28. The Morgan fingerprint density at radius 2 is 2.14 bits per heavy atom. The molecular formula is C15H18N4O3. The van der Waals surface area contributed by atoms with E-state index in [1.165, 1.54) is 4.90 Å². The van der Waals surface area contributed by atoms with Gasteiger partial charge in [-0.1, -0.05) is 6.07 Å². The molecule has 116 valence electrons. The summed E-state index contributed by atoms with van der Waals surface area (Å²) >= 11 is 0. The van der Waals surface area contributed by atoms with Crippen molar-refractivity contribution in [1.29, 1.82) is 0 Å². The number of aromatic hydroxyl groups is 1. The van der Waals surface area contributed by atoms with Crippen LogP contribution in [0.1, 0.15) is 18.5 Å². The number of rotatable bonds is 3. The second-order valence-electron chi connectivity index (χ2n) is 5.43. The third kappa shape index (κ3) is 3.09. The number of hydrogen-bond donors (Lipinski definition) is 3. The molecule has 0 atom stereocenters. The highest BCUT2D eigenvalue weighted by Crippen LogP contribution is 2.20. The highest BCUT2D eigenvalue weighted by Gasteiger charge is 2.21. The second kappa shape index (κ2) is 6.15. The van der Waals surface area contributed by atoms with E-state index in [9.17, 15) is 9.90 Å². The molecule has 0 aliphatic carbocycles. The Morgan fingerprint density at radius 3 is 2.86 bits per heavy atom. The Balaban J connectivity index is 1.59. The van der Waals surface area contributed by atoms with Crippen molar-refractivity contribution < 1.29 is 15.0 Å². The van der Waals surface area contributed by atoms with Crippen molar-refractivity contribution in [2.75, 3.05) is 13.1 Å². The number of nitrogens with one attached hydrogen (secondary N) is 1. The molecule has 1 aromatic heterocycles. The Kier molecular flexibility index (Phi) is 4.06. The largest absolute Gasteiger partial charge is 0.506 e. The lowest BCUT2D eigenvalue weighted by Gasteiger charge is -2.30. The van der Waals surface area contributed by atoms with Crippen molar-refractivity contribution in [3.8, 4) is 5.75 Å². The fourth-order valence-electron chi connectivity index (χ4n) is 2.67. The van der Waals surface area contributed by atoms with Crippen molar-refractivity contribution in [3.05, 3.63) is 30.1 Å². The van der Waals surface area contributed by atoms with Crippen LogP contribution in [0.2, 0.25) is 0 Å². The average molecular weight is 302 g/mol. The summed E-state index contributed by atoms with van der Waals surface area (Å²) in [4.78, 5) is 21.0. The molecule has 0 spiro atoms. The molecule has 0 saturated carbocycles. The molecule has 3 rings (SSSR count). The topological polar surface area (TPSA) is 98.6 Å². The van der Waals surface area contributed by atoms with E-state index in [-0.39, 0.29) is 11.8 Å². The molecule has 1 aliphatic heterocycles. The van der Waals surface area contributed by atoms with Crippen molar-refractivity contribution in [3.63, 3.8) is 0 Å². The average Bonchev–Trinajstić information content (AvgIpc) is 2.53. The molecular weight excluding hydrogens is 284 g/mol. The van der Waals surface area contributed by atoms with Gasteiger partial charge in [0.25, 0.3) is 0 Å². The van der Waals surface area contributed by atoms with Gasteiger partial charge in [0.05, 0.1) is 17.4 Å². The van der Waals surface area contributed by atoms with Gasteiger partial charge >= 0.3 is 6.09 Å². The molecule has 2 heterocycles. The first-order valence-electron chi connectivity index (χ1n) is 7.28. The summed E-state index contributed by atoms with van der Waals surface area (Å²) in [5, 5.41) is 22.0. The number of piperidine rings is 1. The lowest BCUT2D eigenvalue weighted by Crippen LogP contribution is -2.44. The van der Waals surface area contributed by atoms with Gasteiger partial charge < -0.3 is 20.4 Å². The molecule has 7 heteroatoms. The lowest BCUT2D eigenvalue weighted by atomic mass is 10.1. The smallest absolute Gasteiger partial charge is 0.407 e. The van der Waals surface area contributed by atoms with E-state index in [1.807, 2.05) is 6.07 Å². The van der Waals surface area contributed by atoms with Crippen molar-refractivity contribution in [1.82, 2.24) is 20.2 Å². The molecule has 1 aliphatic rings. The number of hydrogen-bond acceptors (Lipinski definition) is 5. The quantitative estimate of drug-likeness (QED) is 0.796. The molecule has 2 aromatic rings. The van der Waals surface area contributed by atoms with Gasteiger partial charge in [-0.05, 0) is 25.0 Å². The van der Waals surface area contributed by atoms with Gasteiger partial charge in [-0.25, -0.2) is 14.8 Å². The maximum Gasteiger partial charge on any atom is 0.407 e. The van der Waals surface area contributed by atoms with Gasteiger partial charge in [0.15, 0.2) is 0 Å². The second-order valence-corrected chi connectivity index (χ2v) is 5.43. The number of amides is 1. The molecule has 1 saturated heterocycles. The minimum atomic E-state index is -0.848. The lowest BCUT2D eigenvalue weighted by molar-refractivity contribution is 0.129.